The topological polar surface area (TPSA) is 84.9 Å². The first-order valence-electron chi connectivity index (χ1n) is 8.80. The van der Waals surface area contributed by atoms with Gasteiger partial charge in [-0.05, 0) is 42.3 Å². The lowest BCUT2D eigenvalue weighted by atomic mass is 10.2. The van der Waals surface area contributed by atoms with Crippen LogP contribution >= 0.6 is 0 Å². The van der Waals surface area contributed by atoms with Crippen molar-refractivity contribution in [3.8, 4) is 11.5 Å². The predicted molar refractivity (Wildman–Crippen MR) is 109 cm³/mol. The highest BCUT2D eigenvalue weighted by atomic mass is 32.2. The molecule has 7 nitrogen and oxygen atoms in total. The third kappa shape index (κ3) is 5.24. The van der Waals surface area contributed by atoms with Crippen molar-refractivity contribution in [1.82, 2.24) is 4.31 Å². The van der Waals surface area contributed by atoms with Gasteiger partial charge >= 0.3 is 0 Å². The van der Waals surface area contributed by atoms with Crippen LogP contribution in [0.5, 0.6) is 11.5 Å². The molecular formula is C20H26N2O5S. The van der Waals surface area contributed by atoms with Gasteiger partial charge in [-0.2, -0.15) is 0 Å². The van der Waals surface area contributed by atoms with Crippen molar-refractivity contribution in [2.45, 2.75) is 18.7 Å². The minimum atomic E-state index is -3.73. The molecule has 0 fully saturated rings. The van der Waals surface area contributed by atoms with Gasteiger partial charge in [0.2, 0.25) is 10.0 Å². The molecule has 2 aromatic carbocycles. The van der Waals surface area contributed by atoms with E-state index in [-0.39, 0.29) is 16.6 Å². The number of rotatable bonds is 8. The molecule has 8 heteroatoms. The van der Waals surface area contributed by atoms with Crippen molar-refractivity contribution < 1.29 is 22.7 Å². The molecule has 0 aliphatic heterocycles. The van der Waals surface area contributed by atoms with Crippen molar-refractivity contribution in [1.29, 1.82) is 0 Å². The molecule has 0 unspecified atom stereocenters. The Labute approximate surface area is 166 Å². The number of carbonyl (C=O) groups excluding carboxylic acids is 1. The predicted octanol–water partition coefficient (Wildman–Crippen LogP) is 3.23. The van der Waals surface area contributed by atoms with Crippen LogP contribution in [-0.2, 0) is 10.0 Å². The Hall–Kier alpha value is -2.58. The summed E-state index contributed by atoms with van der Waals surface area (Å²) in [6, 6.07) is 11.3. The second-order valence-electron chi connectivity index (χ2n) is 6.84. The van der Waals surface area contributed by atoms with Gasteiger partial charge in [0.05, 0.1) is 13.7 Å². The molecule has 1 N–H and O–H groups in total. The third-order valence-electron chi connectivity index (χ3n) is 3.86. The molecule has 0 bridgehead atoms. The quantitative estimate of drug-likeness (QED) is 0.727. The second-order valence-corrected chi connectivity index (χ2v) is 8.96. The second kappa shape index (κ2) is 9.07. The lowest BCUT2D eigenvalue weighted by Gasteiger charge is -2.16. The summed E-state index contributed by atoms with van der Waals surface area (Å²) in [4.78, 5) is 12.6. The number of nitrogens with one attached hydrogen (secondary N) is 1. The van der Waals surface area contributed by atoms with E-state index < -0.39 is 10.0 Å². The first kappa shape index (κ1) is 21.7. The van der Waals surface area contributed by atoms with Crippen LogP contribution in [0.2, 0.25) is 0 Å². The number of hydrogen-bond donors (Lipinski definition) is 1. The van der Waals surface area contributed by atoms with Gasteiger partial charge in [0, 0.05) is 25.3 Å². The highest BCUT2D eigenvalue weighted by Crippen LogP contribution is 2.29. The molecule has 2 rings (SSSR count). The number of anilines is 1. The minimum Gasteiger partial charge on any atom is -0.495 e. The maximum atomic E-state index is 12.6. The molecule has 0 saturated carbocycles. The summed E-state index contributed by atoms with van der Waals surface area (Å²) < 4.78 is 36.9. The zero-order chi connectivity index (χ0) is 20.9. The Kier molecular flexibility index (Phi) is 7.04. The van der Waals surface area contributed by atoms with Crippen LogP contribution in [0, 0.1) is 5.92 Å². The largest absolute Gasteiger partial charge is 0.495 e. The highest BCUT2D eigenvalue weighted by Gasteiger charge is 2.23. The molecule has 0 radical (unpaired) electrons. The zero-order valence-electron chi connectivity index (χ0n) is 16.7. The van der Waals surface area contributed by atoms with Crippen LogP contribution in [0.3, 0.4) is 0 Å². The average molecular weight is 407 g/mol. The van der Waals surface area contributed by atoms with Crippen LogP contribution in [0.25, 0.3) is 0 Å². The molecule has 0 saturated heterocycles. The monoisotopic (exact) mass is 406 g/mol. The summed E-state index contributed by atoms with van der Waals surface area (Å²) in [6.45, 7) is 4.63. The molecule has 0 spiro atoms. The maximum absolute atomic E-state index is 12.6. The van der Waals surface area contributed by atoms with Gasteiger partial charge in [-0.3, -0.25) is 4.79 Å². The molecule has 152 valence electrons. The Morgan fingerprint density at radius 2 is 1.86 bits per heavy atom. The van der Waals surface area contributed by atoms with E-state index in [2.05, 4.69) is 5.32 Å². The lowest BCUT2D eigenvalue weighted by molar-refractivity contribution is 0.102. The molecule has 0 atom stereocenters. The Morgan fingerprint density at radius 3 is 2.46 bits per heavy atom. The lowest BCUT2D eigenvalue weighted by Crippen LogP contribution is -2.23. The molecule has 0 aliphatic rings. The zero-order valence-corrected chi connectivity index (χ0v) is 17.5. The Balaban J connectivity index is 2.26. The molecule has 0 heterocycles. The maximum Gasteiger partial charge on any atom is 0.255 e. The first-order chi connectivity index (χ1) is 13.1. The van der Waals surface area contributed by atoms with Gasteiger partial charge in [-0.25, -0.2) is 12.7 Å². The number of nitrogens with zero attached hydrogens (tertiary/aromatic N) is 1. The van der Waals surface area contributed by atoms with Crippen LogP contribution in [-0.4, -0.2) is 46.4 Å². The summed E-state index contributed by atoms with van der Waals surface area (Å²) in [6.07, 6.45) is 0. The Bertz CT molecular complexity index is 939. The number of amides is 1. The summed E-state index contributed by atoms with van der Waals surface area (Å²) in [5.41, 5.74) is 0.758. The fraction of sp³-hybridized carbons (Fsp3) is 0.350. The van der Waals surface area contributed by atoms with Gasteiger partial charge in [0.1, 0.15) is 16.4 Å². The van der Waals surface area contributed by atoms with Gasteiger partial charge in [0.25, 0.3) is 5.91 Å². The summed E-state index contributed by atoms with van der Waals surface area (Å²) in [5.74, 6) is 0.810. The number of hydrogen-bond acceptors (Lipinski definition) is 5. The third-order valence-corrected chi connectivity index (χ3v) is 5.70. The summed E-state index contributed by atoms with van der Waals surface area (Å²) in [5, 5.41) is 2.72. The highest BCUT2D eigenvalue weighted by molar-refractivity contribution is 7.89. The van der Waals surface area contributed by atoms with Gasteiger partial charge in [-0.15, -0.1) is 0 Å². The summed E-state index contributed by atoms with van der Waals surface area (Å²) in [7, 11) is 0.532. The fourth-order valence-corrected chi connectivity index (χ4v) is 3.42. The van der Waals surface area contributed by atoms with Crippen LogP contribution in [0.15, 0.2) is 47.4 Å². The molecule has 0 aromatic heterocycles. The first-order valence-corrected chi connectivity index (χ1v) is 10.2. The van der Waals surface area contributed by atoms with Crippen molar-refractivity contribution in [3.63, 3.8) is 0 Å². The van der Waals surface area contributed by atoms with Crippen molar-refractivity contribution >= 4 is 21.6 Å². The average Bonchev–Trinajstić information content (AvgIpc) is 2.66. The van der Waals surface area contributed by atoms with E-state index >= 15 is 0 Å². The van der Waals surface area contributed by atoms with Crippen LogP contribution in [0.4, 0.5) is 5.69 Å². The molecule has 0 aliphatic carbocycles. The van der Waals surface area contributed by atoms with E-state index in [9.17, 15) is 13.2 Å². The normalized spacial score (nSPS) is 11.5. The van der Waals surface area contributed by atoms with Gasteiger partial charge < -0.3 is 14.8 Å². The van der Waals surface area contributed by atoms with E-state index in [1.54, 1.807) is 30.3 Å². The van der Waals surface area contributed by atoms with Crippen molar-refractivity contribution in [2.75, 3.05) is 33.1 Å². The van der Waals surface area contributed by atoms with Gasteiger partial charge in [0.15, 0.2) is 0 Å². The summed E-state index contributed by atoms with van der Waals surface area (Å²) >= 11 is 0. The number of sulfonamides is 1. The van der Waals surface area contributed by atoms with E-state index in [1.807, 2.05) is 13.8 Å². The van der Waals surface area contributed by atoms with Crippen molar-refractivity contribution in [3.05, 3.63) is 48.0 Å². The SMILES string of the molecule is COc1ccc(NC(=O)c2cccc(OCC(C)C)c2)cc1S(=O)(=O)N(C)C. The number of carbonyl (C=O) groups is 1. The van der Waals surface area contributed by atoms with E-state index in [4.69, 9.17) is 9.47 Å². The Morgan fingerprint density at radius 1 is 1.14 bits per heavy atom. The van der Waals surface area contributed by atoms with E-state index in [0.29, 0.717) is 29.5 Å². The molecule has 2 aromatic rings. The standard InChI is InChI=1S/C20H26N2O5S/c1-14(2)13-27-17-8-6-7-15(11-17)20(23)21-16-9-10-18(26-5)19(12-16)28(24,25)22(3)4/h6-12,14H,13H2,1-5H3,(H,21,23). The fourth-order valence-electron chi connectivity index (χ4n) is 2.35. The van der Waals surface area contributed by atoms with Gasteiger partial charge in [-0.1, -0.05) is 19.9 Å². The smallest absolute Gasteiger partial charge is 0.255 e. The molecule has 28 heavy (non-hydrogen) atoms. The van der Waals surface area contributed by atoms with Crippen LogP contribution in [0.1, 0.15) is 24.2 Å². The van der Waals surface area contributed by atoms with Crippen LogP contribution < -0.4 is 14.8 Å². The number of benzene rings is 2. The minimum absolute atomic E-state index is 0.0215. The molecular weight excluding hydrogens is 380 g/mol. The number of ether oxygens (including phenoxy) is 2. The number of methoxy groups -OCH3 is 1. The van der Waals surface area contributed by atoms with Crippen molar-refractivity contribution in [2.24, 2.45) is 5.92 Å². The molecule has 1 amide bonds. The van der Waals surface area contributed by atoms with E-state index in [0.717, 1.165) is 4.31 Å². The van der Waals surface area contributed by atoms with E-state index in [1.165, 1.54) is 33.3 Å².